The Morgan fingerprint density at radius 1 is 1.33 bits per heavy atom. The van der Waals surface area contributed by atoms with Crippen LogP contribution in [-0.4, -0.2) is 6.04 Å². The molecule has 1 aromatic heterocycles. The number of hydrogen-bond donors (Lipinski definition) is 1. The second kappa shape index (κ2) is 5.13. The van der Waals surface area contributed by atoms with E-state index in [4.69, 9.17) is 0 Å². The van der Waals surface area contributed by atoms with Crippen LogP contribution in [0.1, 0.15) is 50.4 Å². The molecule has 0 bridgehead atoms. The minimum Gasteiger partial charge on any atom is -0.307 e. The maximum absolute atomic E-state index is 3.73. The molecule has 0 aliphatic heterocycles. The van der Waals surface area contributed by atoms with Gasteiger partial charge in [-0.25, -0.2) is 0 Å². The molecule has 0 spiro atoms. The molecule has 1 N–H and O–H groups in total. The van der Waals surface area contributed by atoms with E-state index in [1.165, 1.54) is 30.6 Å². The van der Waals surface area contributed by atoms with Crippen molar-refractivity contribution in [3.8, 4) is 0 Å². The lowest BCUT2D eigenvalue weighted by Gasteiger charge is -2.26. The monoisotopic (exact) mass is 223 g/mol. The lowest BCUT2D eigenvalue weighted by molar-refractivity contribution is 0.348. The van der Waals surface area contributed by atoms with Crippen LogP contribution in [0.25, 0.3) is 0 Å². The van der Waals surface area contributed by atoms with E-state index in [0.29, 0.717) is 12.1 Å². The first-order chi connectivity index (χ1) is 7.27. The fourth-order valence-electron chi connectivity index (χ4n) is 2.57. The summed E-state index contributed by atoms with van der Waals surface area (Å²) in [5.74, 6) is 0.867. The zero-order valence-corrected chi connectivity index (χ0v) is 10.5. The Balaban J connectivity index is 2.08. The van der Waals surface area contributed by atoms with E-state index in [9.17, 15) is 0 Å². The predicted octanol–water partition coefficient (Wildman–Crippen LogP) is 3.98. The average Bonchev–Trinajstić information content (AvgIpc) is 2.87. The Hall–Kier alpha value is -0.340. The van der Waals surface area contributed by atoms with Crippen molar-refractivity contribution in [2.24, 2.45) is 5.92 Å². The highest BCUT2D eigenvalue weighted by molar-refractivity contribution is 7.10. The molecule has 0 amide bonds. The van der Waals surface area contributed by atoms with Crippen molar-refractivity contribution >= 4 is 11.3 Å². The maximum atomic E-state index is 3.73. The lowest BCUT2D eigenvalue weighted by Crippen LogP contribution is -2.31. The van der Waals surface area contributed by atoms with Crippen LogP contribution in [0.3, 0.4) is 0 Å². The van der Waals surface area contributed by atoms with E-state index in [1.54, 1.807) is 0 Å². The van der Waals surface area contributed by atoms with E-state index >= 15 is 0 Å². The molecule has 1 aliphatic carbocycles. The van der Waals surface area contributed by atoms with Gasteiger partial charge in [-0.2, -0.15) is 0 Å². The van der Waals surface area contributed by atoms with Gasteiger partial charge in [-0.05, 0) is 30.2 Å². The van der Waals surface area contributed by atoms with Crippen LogP contribution in [0.15, 0.2) is 17.5 Å². The summed E-state index contributed by atoms with van der Waals surface area (Å²) < 4.78 is 0. The molecule has 84 valence electrons. The Morgan fingerprint density at radius 2 is 2.07 bits per heavy atom. The first kappa shape index (κ1) is 11.2. The van der Waals surface area contributed by atoms with Crippen LogP contribution < -0.4 is 5.32 Å². The van der Waals surface area contributed by atoms with Gasteiger partial charge in [-0.3, -0.25) is 0 Å². The average molecular weight is 223 g/mol. The van der Waals surface area contributed by atoms with E-state index in [1.807, 2.05) is 11.3 Å². The zero-order chi connectivity index (χ0) is 10.7. The summed E-state index contributed by atoms with van der Waals surface area (Å²) in [6, 6.07) is 5.64. The predicted molar refractivity (Wildman–Crippen MR) is 67.3 cm³/mol. The number of hydrogen-bond acceptors (Lipinski definition) is 2. The third-order valence-electron chi connectivity index (χ3n) is 3.23. The highest BCUT2D eigenvalue weighted by Crippen LogP contribution is 2.37. The second-order valence-electron chi connectivity index (χ2n) is 4.86. The lowest BCUT2D eigenvalue weighted by atomic mass is 9.96. The van der Waals surface area contributed by atoms with Gasteiger partial charge in [0.1, 0.15) is 0 Å². The van der Waals surface area contributed by atoms with Gasteiger partial charge in [0.2, 0.25) is 0 Å². The van der Waals surface area contributed by atoms with E-state index in [2.05, 4.69) is 36.7 Å². The molecule has 0 saturated heterocycles. The van der Waals surface area contributed by atoms with Crippen LogP contribution in [0.4, 0.5) is 0 Å². The van der Waals surface area contributed by atoms with E-state index < -0.39 is 0 Å². The molecule has 1 heterocycles. The van der Waals surface area contributed by atoms with Crippen molar-refractivity contribution in [3.63, 3.8) is 0 Å². The molecule has 0 radical (unpaired) electrons. The van der Waals surface area contributed by atoms with Gasteiger partial charge >= 0.3 is 0 Å². The van der Waals surface area contributed by atoms with Crippen molar-refractivity contribution in [3.05, 3.63) is 22.4 Å². The summed E-state index contributed by atoms with van der Waals surface area (Å²) in [7, 11) is 0. The Bertz CT molecular complexity index is 273. The molecule has 1 fully saturated rings. The Labute approximate surface area is 96.9 Å². The van der Waals surface area contributed by atoms with Crippen LogP contribution in [0, 0.1) is 5.92 Å². The summed E-state index contributed by atoms with van der Waals surface area (Å²) in [5, 5.41) is 5.93. The summed E-state index contributed by atoms with van der Waals surface area (Å²) in [6.07, 6.45) is 5.66. The smallest absolute Gasteiger partial charge is 0.0445 e. The first-order valence-electron chi connectivity index (χ1n) is 6.07. The Kier molecular flexibility index (Phi) is 3.81. The van der Waals surface area contributed by atoms with Gasteiger partial charge in [0.15, 0.2) is 0 Å². The van der Waals surface area contributed by atoms with Gasteiger partial charge in [0.05, 0.1) is 0 Å². The number of rotatable bonds is 4. The fraction of sp³-hybridized carbons (Fsp3) is 0.692. The Morgan fingerprint density at radius 3 is 2.60 bits per heavy atom. The topological polar surface area (TPSA) is 12.0 Å². The molecule has 0 aromatic carbocycles. The van der Waals surface area contributed by atoms with E-state index in [0.717, 1.165) is 5.92 Å². The largest absolute Gasteiger partial charge is 0.307 e. The van der Waals surface area contributed by atoms with Crippen molar-refractivity contribution in [2.75, 3.05) is 0 Å². The first-order valence-corrected chi connectivity index (χ1v) is 6.95. The van der Waals surface area contributed by atoms with E-state index in [-0.39, 0.29) is 0 Å². The molecular weight excluding hydrogens is 202 g/mol. The van der Waals surface area contributed by atoms with Gasteiger partial charge in [-0.15, -0.1) is 11.3 Å². The van der Waals surface area contributed by atoms with Gasteiger partial charge in [0, 0.05) is 17.0 Å². The molecule has 1 unspecified atom stereocenters. The summed E-state index contributed by atoms with van der Waals surface area (Å²) in [4.78, 5) is 1.52. The van der Waals surface area contributed by atoms with Crippen LogP contribution >= 0.6 is 11.3 Å². The minimum atomic E-state index is 0.581. The quantitative estimate of drug-likeness (QED) is 0.814. The van der Waals surface area contributed by atoms with Crippen molar-refractivity contribution in [1.82, 2.24) is 5.32 Å². The fourth-order valence-corrected chi connectivity index (χ4v) is 3.45. The highest BCUT2D eigenvalue weighted by Gasteiger charge is 2.27. The second-order valence-corrected chi connectivity index (χ2v) is 5.84. The van der Waals surface area contributed by atoms with Crippen LogP contribution in [0.2, 0.25) is 0 Å². The van der Waals surface area contributed by atoms with Crippen LogP contribution in [-0.2, 0) is 0 Å². The normalized spacial score (nSPS) is 19.9. The maximum Gasteiger partial charge on any atom is 0.0445 e. The van der Waals surface area contributed by atoms with Crippen molar-refractivity contribution < 1.29 is 0 Å². The molecule has 1 nitrogen and oxygen atoms in total. The summed E-state index contributed by atoms with van der Waals surface area (Å²) in [5.41, 5.74) is 0. The molecule has 1 atom stereocenters. The standard InChI is InChI=1S/C13H21NS/c1-10(2)14-13(11-6-3-4-7-11)12-8-5-9-15-12/h5,8-11,13-14H,3-4,6-7H2,1-2H3. The molecule has 2 heteroatoms. The molecule has 1 aromatic rings. The van der Waals surface area contributed by atoms with Gasteiger partial charge in [-0.1, -0.05) is 32.8 Å². The molecule has 2 rings (SSSR count). The third kappa shape index (κ3) is 2.82. The van der Waals surface area contributed by atoms with Crippen LogP contribution in [0.5, 0.6) is 0 Å². The number of thiophene rings is 1. The van der Waals surface area contributed by atoms with Crippen molar-refractivity contribution in [2.45, 2.75) is 51.6 Å². The molecular formula is C13H21NS. The zero-order valence-electron chi connectivity index (χ0n) is 9.70. The molecule has 15 heavy (non-hydrogen) atoms. The third-order valence-corrected chi connectivity index (χ3v) is 4.19. The van der Waals surface area contributed by atoms with Crippen molar-refractivity contribution in [1.29, 1.82) is 0 Å². The van der Waals surface area contributed by atoms with Gasteiger partial charge in [0.25, 0.3) is 0 Å². The SMILES string of the molecule is CC(C)NC(c1cccs1)C1CCCC1. The number of nitrogens with one attached hydrogen (secondary N) is 1. The highest BCUT2D eigenvalue weighted by atomic mass is 32.1. The summed E-state index contributed by atoms with van der Waals surface area (Å²) >= 11 is 1.90. The summed E-state index contributed by atoms with van der Waals surface area (Å²) in [6.45, 7) is 4.49. The molecule has 1 aliphatic rings. The minimum absolute atomic E-state index is 0.581. The van der Waals surface area contributed by atoms with Gasteiger partial charge < -0.3 is 5.32 Å². The molecule has 1 saturated carbocycles.